The van der Waals surface area contributed by atoms with Crippen LogP contribution in [0.2, 0.25) is 0 Å². The second kappa shape index (κ2) is 7.86. The first-order valence-corrected chi connectivity index (χ1v) is 9.94. The molecule has 2 heterocycles. The predicted octanol–water partition coefficient (Wildman–Crippen LogP) is 4.28. The van der Waals surface area contributed by atoms with Crippen LogP contribution in [-0.4, -0.2) is 36.4 Å². The van der Waals surface area contributed by atoms with Crippen LogP contribution < -0.4 is 5.32 Å². The summed E-state index contributed by atoms with van der Waals surface area (Å²) in [7, 11) is 0. The molecule has 1 saturated heterocycles. The van der Waals surface area contributed by atoms with E-state index < -0.39 is 0 Å². The Labute approximate surface area is 160 Å². The number of rotatable bonds is 2. The minimum absolute atomic E-state index is 0.183. The minimum Gasteiger partial charge on any atom is -0.370 e. The molecule has 1 fully saturated rings. The molecule has 142 valence electrons. The summed E-state index contributed by atoms with van der Waals surface area (Å²) in [6.45, 7) is 1.30. The van der Waals surface area contributed by atoms with E-state index in [-0.39, 0.29) is 29.8 Å². The Morgan fingerprint density at radius 3 is 2.81 bits per heavy atom. The summed E-state index contributed by atoms with van der Waals surface area (Å²) in [5.41, 5.74) is 1.68. The maximum Gasteiger partial charge on any atom is 0.318 e. The fourth-order valence-corrected chi connectivity index (χ4v) is 4.63. The van der Waals surface area contributed by atoms with Gasteiger partial charge in [0, 0.05) is 17.2 Å². The quantitative estimate of drug-likeness (QED) is 0.832. The first-order chi connectivity index (χ1) is 13.1. The van der Waals surface area contributed by atoms with Gasteiger partial charge in [0.1, 0.15) is 17.7 Å². The number of halogens is 2. The van der Waals surface area contributed by atoms with Crippen LogP contribution in [0.3, 0.4) is 0 Å². The number of morpholine rings is 1. The maximum atomic E-state index is 14.0. The van der Waals surface area contributed by atoms with Crippen molar-refractivity contribution >= 4 is 17.8 Å². The number of fused-ring (bicyclic) bond motifs is 1. The standard InChI is InChI=1S/C20H20F2N2O2S/c21-14-6-4-13(5-7-14)18-12-24(9-10-26-18)20(25)23-17-8-11-27-19-15(17)2-1-3-16(19)22/h1-7,17-18H,8-12H2,(H,23,25)/t17-,18+/m0/s1. The Morgan fingerprint density at radius 1 is 1.19 bits per heavy atom. The van der Waals surface area contributed by atoms with E-state index in [1.54, 1.807) is 23.1 Å². The molecular formula is C20H20F2N2O2S. The monoisotopic (exact) mass is 390 g/mol. The van der Waals surface area contributed by atoms with E-state index in [0.717, 1.165) is 23.3 Å². The lowest BCUT2D eigenvalue weighted by molar-refractivity contribution is -0.0158. The zero-order valence-corrected chi connectivity index (χ0v) is 15.5. The van der Waals surface area contributed by atoms with Gasteiger partial charge < -0.3 is 15.0 Å². The smallest absolute Gasteiger partial charge is 0.318 e. The number of hydrogen-bond donors (Lipinski definition) is 1. The van der Waals surface area contributed by atoms with Gasteiger partial charge in [-0.25, -0.2) is 13.6 Å². The molecule has 2 atom stereocenters. The van der Waals surface area contributed by atoms with E-state index in [1.165, 1.54) is 30.0 Å². The number of benzene rings is 2. The Kier molecular flexibility index (Phi) is 5.31. The highest BCUT2D eigenvalue weighted by Crippen LogP contribution is 2.37. The maximum absolute atomic E-state index is 14.0. The van der Waals surface area contributed by atoms with Gasteiger partial charge in [0.05, 0.1) is 19.2 Å². The Balaban J connectivity index is 1.44. The van der Waals surface area contributed by atoms with Crippen LogP contribution in [0, 0.1) is 11.6 Å². The van der Waals surface area contributed by atoms with Crippen molar-refractivity contribution in [3.05, 3.63) is 65.2 Å². The third-order valence-corrected chi connectivity index (χ3v) is 6.08. The number of nitrogens with one attached hydrogen (secondary N) is 1. The van der Waals surface area contributed by atoms with E-state index in [4.69, 9.17) is 4.74 Å². The summed E-state index contributed by atoms with van der Waals surface area (Å²) < 4.78 is 32.9. The highest BCUT2D eigenvalue weighted by atomic mass is 32.2. The van der Waals surface area contributed by atoms with Crippen molar-refractivity contribution < 1.29 is 18.3 Å². The molecule has 7 heteroatoms. The van der Waals surface area contributed by atoms with Crippen molar-refractivity contribution in [1.82, 2.24) is 10.2 Å². The van der Waals surface area contributed by atoms with Gasteiger partial charge in [-0.2, -0.15) is 0 Å². The molecule has 0 bridgehead atoms. The summed E-state index contributed by atoms with van der Waals surface area (Å²) in [6.07, 6.45) is 0.482. The van der Waals surface area contributed by atoms with Crippen LogP contribution in [0.1, 0.15) is 29.7 Å². The van der Waals surface area contributed by atoms with Gasteiger partial charge in [0.15, 0.2) is 0 Å². The fraction of sp³-hybridized carbons (Fsp3) is 0.350. The number of thioether (sulfide) groups is 1. The lowest BCUT2D eigenvalue weighted by Crippen LogP contribution is -2.48. The second-order valence-electron chi connectivity index (χ2n) is 6.65. The molecule has 0 spiro atoms. The van der Waals surface area contributed by atoms with Gasteiger partial charge >= 0.3 is 6.03 Å². The molecule has 4 rings (SSSR count). The van der Waals surface area contributed by atoms with Crippen molar-refractivity contribution in [3.8, 4) is 0 Å². The number of amides is 2. The largest absolute Gasteiger partial charge is 0.370 e. The van der Waals surface area contributed by atoms with Crippen molar-refractivity contribution in [1.29, 1.82) is 0 Å². The van der Waals surface area contributed by atoms with Crippen LogP contribution in [0.15, 0.2) is 47.4 Å². The molecule has 2 aliphatic rings. The summed E-state index contributed by atoms with van der Waals surface area (Å²) >= 11 is 1.49. The molecule has 2 aromatic rings. The average Bonchev–Trinajstić information content (AvgIpc) is 2.69. The Bertz CT molecular complexity index is 831. The van der Waals surface area contributed by atoms with Crippen LogP contribution >= 0.6 is 11.8 Å². The second-order valence-corrected chi connectivity index (χ2v) is 7.76. The number of ether oxygens (including phenoxy) is 1. The van der Waals surface area contributed by atoms with Crippen LogP contribution in [0.5, 0.6) is 0 Å². The molecule has 4 nitrogen and oxygen atoms in total. The van der Waals surface area contributed by atoms with Gasteiger partial charge in [0.2, 0.25) is 0 Å². The number of urea groups is 1. The SMILES string of the molecule is O=C(N[C@H]1CCSc2c(F)cccc21)N1CCO[C@@H](c2ccc(F)cc2)C1. The van der Waals surface area contributed by atoms with E-state index >= 15 is 0 Å². The van der Waals surface area contributed by atoms with E-state index in [0.29, 0.717) is 24.6 Å². The summed E-state index contributed by atoms with van der Waals surface area (Å²) in [5.74, 6) is 0.227. The molecule has 0 aliphatic carbocycles. The van der Waals surface area contributed by atoms with E-state index in [1.807, 2.05) is 6.07 Å². The van der Waals surface area contributed by atoms with Gasteiger partial charge in [-0.05, 0) is 35.7 Å². The first-order valence-electron chi connectivity index (χ1n) is 8.95. The Morgan fingerprint density at radius 2 is 2.00 bits per heavy atom. The highest BCUT2D eigenvalue weighted by molar-refractivity contribution is 7.99. The van der Waals surface area contributed by atoms with E-state index in [9.17, 15) is 13.6 Å². The topological polar surface area (TPSA) is 41.6 Å². The molecule has 0 aromatic heterocycles. The van der Waals surface area contributed by atoms with Gasteiger partial charge in [0.25, 0.3) is 0 Å². The Hall–Kier alpha value is -2.12. The lowest BCUT2D eigenvalue weighted by Gasteiger charge is -2.35. The molecule has 0 radical (unpaired) electrons. The molecular weight excluding hydrogens is 370 g/mol. The van der Waals surface area contributed by atoms with Crippen molar-refractivity contribution in [2.45, 2.75) is 23.5 Å². The molecule has 0 unspecified atom stereocenters. The normalized spacial score (nSPS) is 22.2. The first kappa shape index (κ1) is 18.3. The molecule has 2 amide bonds. The molecule has 27 heavy (non-hydrogen) atoms. The number of carbonyl (C=O) groups is 1. The van der Waals surface area contributed by atoms with Crippen molar-refractivity contribution in [2.75, 3.05) is 25.4 Å². The van der Waals surface area contributed by atoms with Crippen LogP contribution in [-0.2, 0) is 4.74 Å². The average molecular weight is 390 g/mol. The van der Waals surface area contributed by atoms with Crippen LogP contribution in [0.4, 0.5) is 13.6 Å². The number of nitrogens with zero attached hydrogens (tertiary/aromatic N) is 1. The third kappa shape index (κ3) is 3.94. The molecule has 2 aliphatic heterocycles. The summed E-state index contributed by atoms with van der Waals surface area (Å²) in [5, 5.41) is 3.04. The van der Waals surface area contributed by atoms with Crippen molar-refractivity contribution in [3.63, 3.8) is 0 Å². The molecule has 2 aromatic carbocycles. The third-order valence-electron chi connectivity index (χ3n) is 4.92. The van der Waals surface area contributed by atoms with Gasteiger partial charge in [-0.15, -0.1) is 11.8 Å². The predicted molar refractivity (Wildman–Crippen MR) is 99.7 cm³/mol. The number of hydrogen-bond acceptors (Lipinski definition) is 3. The molecule has 0 saturated carbocycles. The highest BCUT2D eigenvalue weighted by Gasteiger charge is 2.29. The minimum atomic E-state index is -0.301. The molecule has 1 N–H and O–H groups in total. The van der Waals surface area contributed by atoms with Crippen LogP contribution in [0.25, 0.3) is 0 Å². The van der Waals surface area contributed by atoms with E-state index in [2.05, 4.69) is 5.32 Å². The summed E-state index contributed by atoms with van der Waals surface area (Å²) in [6, 6.07) is 10.8. The summed E-state index contributed by atoms with van der Waals surface area (Å²) in [4.78, 5) is 15.1. The fourth-order valence-electron chi connectivity index (χ4n) is 3.49. The zero-order chi connectivity index (χ0) is 18.8. The van der Waals surface area contributed by atoms with Gasteiger partial charge in [-0.3, -0.25) is 0 Å². The van der Waals surface area contributed by atoms with Crippen molar-refractivity contribution in [2.24, 2.45) is 0 Å². The van der Waals surface area contributed by atoms with Gasteiger partial charge in [-0.1, -0.05) is 24.3 Å². The lowest BCUT2D eigenvalue weighted by atomic mass is 10.0. The zero-order valence-electron chi connectivity index (χ0n) is 14.7. The number of carbonyl (C=O) groups excluding carboxylic acids is 1.